The van der Waals surface area contributed by atoms with Crippen LogP contribution in [0, 0.1) is 12.3 Å². The number of amides is 1. The van der Waals surface area contributed by atoms with Crippen molar-refractivity contribution in [3.8, 4) is 11.3 Å². The minimum atomic E-state index is -0.851. The van der Waals surface area contributed by atoms with Crippen molar-refractivity contribution >= 4 is 11.9 Å². The van der Waals surface area contributed by atoms with Crippen LogP contribution < -0.4 is 5.32 Å². The molecule has 0 unspecified atom stereocenters. The van der Waals surface area contributed by atoms with E-state index in [4.69, 9.17) is 0 Å². The fraction of sp³-hybridized carbons (Fsp3) is 0.261. The smallest absolute Gasteiger partial charge is 0.311 e. The van der Waals surface area contributed by atoms with Crippen molar-refractivity contribution in [3.63, 3.8) is 0 Å². The molecule has 0 aliphatic heterocycles. The number of carboxylic acid groups (broad SMARTS) is 1. The Morgan fingerprint density at radius 2 is 1.79 bits per heavy atom. The maximum absolute atomic E-state index is 12.9. The standard InChI is InChI=1S/C23H23N3O3/c1-16-7-9-18(10-8-16)20-19(21(27)24-15-23(11-12-23)22(28)29)14-26(25-20)13-17-5-3-2-4-6-17/h2-10,14H,11-13,15H2,1H3,(H,24,27)(H,28,29). The van der Waals surface area contributed by atoms with Gasteiger partial charge in [0.25, 0.3) is 5.91 Å². The van der Waals surface area contributed by atoms with Gasteiger partial charge in [0.2, 0.25) is 0 Å². The van der Waals surface area contributed by atoms with E-state index in [0.717, 1.165) is 16.7 Å². The molecule has 0 bridgehead atoms. The van der Waals surface area contributed by atoms with Crippen LogP contribution in [0.1, 0.15) is 34.3 Å². The second-order valence-electron chi connectivity index (χ2n) is 7.71. The molecule has 1 heterocycles. The monoisotopic (exact) mass is 389 g/mol. The first kappa shape index (κ1) is 18.9. The van der Waals surface area contributed by atoms with Crippen LogP contribution in [0.4, 0.5) is 0 Å². The van der Waals surface area contributed by atoms with Crippen LogP contribution in [0.15, 0.2) is 60.8 Å². The van der Waals surface area contributed by atoms with E-state index in [1.807, 2.05) is 61.5 Å². The van der Waals surface area contributed by atoms with Crippen molar-refractivity contribution < 1.29 is 14.7 Å². The van der Waals surface area contributed by atoms with Gasteiger partial charge in [-0.2, -0.15) is 5.10 Å². The predicted molar refractivity (Wildman–Crippen MR) is 110 cm³/mol. The van der Waals surface area contributed by atoms with Gasteiger partial charge >= 0.3 is 5.97 Å². The molecule has 4 rings (SSSR count). The van der Waals surface area contributed by atoms with E-state index in [1.165, 1.54) is 0 Å². The zero-order valence-corrected chi connectivity index (χ0v) is 16.3. The van der Waals surface area contributed by atoms with Crippen LogP contribution in [0.25, 0.3) is 11.3 Å². The molecular formula is C23H23N3O3. The third-order valence-electron chi connectivity index (χ3n) is 5.41. The lowest BCUT2D eigenvalue weighted by Crippen LogP contribution is -2.34. The van der Waals surface area contributed by atoms with Gasteiger partial charge in [-0.3, -0.25) is 14.3 Å². The van der Waals surface area contributed by atoms with Gasteiger partial charge in [-0.25, -0.2) is 0 Å². The van der Waals surface area contributed by atoms with Gasteiger partial charge in [0.15, 0.2) is 0 Å². The Balaban J connectivity index is 1.62. The zero-order valence-electron chi connectivity index (χ0n) is 16.3. The minimum Gasteiger partial charge on any atom is -0.481 e. The SMILES string of the molecule is Cc1ccc(-c2nn(Cc3ccccc3)cc2C(=O)NCC2(C(=O)O)CC2)cc1. The summed E-state index contributed by atoms with van der Waals surface area (Å²) in [6.45, 7) is 2.69. The zero-order chi connectivity index (χ0) is 20.4. The molecule has 0 radical (unpaired) electrons. The number of aryl methyl sites for hydroxylation is 1. The molecule has 0 atom stereocenters. The van der Waals surface area contributed by atoms with Gasteiger partial charge in [0.1, 0.15) is 5.69 Å². The number of benzene rings is 2. The second kappa shape index (κ2) is 7.54. The van der Waals surface area contributed by atoms with E-state index in [1.54, 1.807) is 10.9 Å². The Morgan fingerprint density at radius 3 is 2.41 bits per heavy atom. The molecule has 148 valence electrons. The summed E-state index contributed by atoms with van der Waals surface area (Å²) in [4.78, 5) is 24.3. The highest BCUT2D eigenvalue weighted by molar-refractivity contribution is 6.00. The number of nitrogens with one attached hydrogen (secondary N) is 1. The lowest BCUT2D eigenvalue weighted by atomic mass is 10.1. The van der Waals surface area contributed by atoms with Crippen molar-refractivity contribution in [3.05, 3.63) is 77.5 Å². The summed E-state index contributed by atoms with van der Waals surface area (Å²) in [6, 6.07) is 17.8. The van der Waals surface area contributed by atoms with Crippen molar-refractivity contribution in [1.82, 2.24) is 15.1 Å². The average molecular weight is 389 g/mol. The third kappa shape index (κ3) is 4.06. The summed E-state index contributed by atoms with van der Waals surface area (Å²) < 4.78 is 1.75. The predicted octanol–water partition coefficient (Wildman–Crippen LogP) is 3.50. The number of aliphatic carboxylic acids is 1. The minimum absolute atomic E-state index is 0.137. The van der Waals surface area contributed by atoms with Crippen LogP contribution in [-0.4, -0.2) is 33.3 Å². The number of hydrogen-bond acceptors (Lipinski definition) is 3. The van der Waals surface area contributed by atoms with Gasteiger partial charge in [0, 0.05) is 18.3 Å². The fourth-order valence-corrected chi connectivity index (χ4v) is 3.33. The second-order valence-corrected chi connectivity index (χ2v) is 7.71. The lowest BCUT2D eigenvalue weighted by Gasteiger charge is -2.11. The van der Waals surface area contributed by atoms with Crippen molar-refractivity contribution in [2.75, 3.05) is 6.54 Å². The molecule has 0 spiro atoms. The first-order valence-electron chi connectivity index (χ1n) is 9.67. The Labute approximate surface area is 169 Å². The Bertz CT molecular complexity index is 1030. The molecule has 1 aliphatic carbocycles. The van der Waals surface area contributed by atoms with Crippen LogP contribution in [0.5, 0.6) is 0 Å². The number of carbonyl (C=O) groups excluding carboxylic acids is 1. The molecule has 1 aliphatic rings. The maximum atomic E-state index is 12.9. The number of nitrogens with zero attached hydrogens (tertiary/aromatic N) is 2. The molecule has 6 nitrogen and oxygen atoms in total. The van der Waals surface area contributed by atoms with Crippen LogP contribution in [0.3, 0.4) is 0 Å². The fourth-order valence-electron chi connectivity index (χ4n) is 3.33. The maximum Gasteiger partial charge on any atom is 0.311 e. The highest BCUT2D eigenvalue weighted by atomic mass is 16.4. The van der Waals surface area contributed by atoms with Crippen LogP contribution in [-0.2, 0) is 11.3 Å². The molecule has 6 heteroatoms. The molecule has 1 fully saturated rings. The summed E-state index contributed by atoms with van der Waals surface area (Å²) >= 11 is 0. The van der Waals surface area contributed by atoms with E-state index < -0.39 is 11.4 Å². The lowest BCUT2D eigenvalue weighted by molar-refractivity contribution is -0.143. The molecule has 1 amide bonds. The highest BCUT2D eigenvalue weighted by Crippen LogP contribution is 2.45. The van der Waals surface area contributed by atoms with Gasteiger partial charge in [-0.15, -0.1) is 0 Å². The van der Waals surface area contributed by atoms with Gasteiger partial charge in [-0.05, 0) is 25.3 Å². The number of rotatable bonds is 7. The van der Waals surface area contributed by atoms with Crippen molar-refractivity contribution in [2.45, 2.75) is 26.3 Å². The molecule has 29 heavy (non-hydrogen) atoms. The number of hydrogen-bond donors (Lipinski definition) is 2. The van der Waals surface area contributed by atoms with Crippen molar-refractivity contribution in [1.29, 1.82) is 0 Å². The number of aromatic nitrogens is 2. The summed E-state index contributed by atoms with van der Waals surface area (Å²) in [6.07, 6.45) is 2.93. The normalized spacial score (nSPS) is 14.4. The Hall–Kier alpha value is -3.41. The topological polar surface area (TPSA) is 84.2 Å². The summed E-state index contributed by atoms with van der Waals surface area (Å²) in [7, 11) is 0. The molecule has 3 aromatic rings. The van der Waals surface area contributed by atoms with Crippen molar-refractivity contribution in [2.24, 2.45) is 5.41 Å². The van der Waals surface area contributed by atoms with Crippen LogP contribution in [0.2, 0.25) is 0 Å². The summed E-state index contributed by atoms with van der Waals surface area (Å²) in [5.41, 5.74) is 3.30. The van der Waals surface area contributed by atoms with E-state index in [-0.39, 0.29) is 12.5 Å². The molecule has 2 N–H and O–H groups in total. The quantitative estimate of drug-likeness (QED) is 0.648. The van der Waals surface area contributed by atoms with Gasteiger partial charge < -0.3 is 10.4 Å². The van der Waals surface area contributed by atoms with E-state index >= 15 is 0 Å². The van der Waals surface area contributed by atoms with Gasteiger partial charge in [0.05, 0.1) is 17.5 Å². The first-order valence-corrected chi connectivity index (χ1v) is 9.67. The highest BCUT2D eigenvalue weighted by Gasteiger charge is 2.50. The molecule has 1 saturated carbocycles. The van der Waals surface area contributed by atoms with Gasteiger partial charge in [-0.1, -0.05) is 60.2 Å². The molecule has 2 aromatic carbocycles. The molecular weight excluding hydrogens is 366 g/mol. The number of carboxylic acids is 1. The Kier molecular flexibility index (Phi) is 4.92. The number of carbonyl (C=O) groups is 2. The van der Waals surface area contributed by atoms with E-state index in [2.05, 4.69) is 10.4 Å². The molecule has 0 saturated heterocycles. The van der Waals surface area contributed by atoms with E-state index in [9.17, 15) is 14.7 Å². The average Bonchev–Trinajstić information content (AvgIpc) is 3.41. The Morgan fingerprint density at radius 1 is 1.10 bits per heavy atom. The third-order valence-corrected chi connectivity index (χ3v) is 5.41. The van der Waals surface area contributed by atoms with E-state index in [0.29, 0.717) is 30.6 Å². The molecule has 1 aromatic heterocycles. The first-order chi connectivity index (χ1) is 14.0. The summed E-state index contributed by atoms with van der Waals surface area (Å²) in [5.74, 6) is -1.15. The summed E-state index contributed by atoms with van der Waals surface area (Å²) in [5, 5.41) is 16.8. The largest absolute Gasteiger partial charge is 0.481 e. The van der Waals surface area contributed by atoms with Crippen LogP contribution >= 0.6 is 0 Å².